The maximum atomic E-state index is 14.7. The first-order chi connectivity index (χ1) is 21.8. The predicted molar refractivity (Wildman–Crippen MR) is 159 cm³/mol. The van der Waals surface area contributed by atoms with E-state index in [4.69, 9.17) is 23.7 Å². The molecular weight excluding hydrogens is 586 g/mol. The van der Waals surface area contributed by atoms with Gasteiger partial charge in [0.1, 0.15) is 17.6 Å². The molecule has 0 amide bonds. The molecular formula is C35H30F2O8. The minimum Gasteiger partial charge on any atom is -0.505 e. The summed E-state index contributed by atoms with van der Waals surface area (Å²) in [7, 11) is 0. The van der Waals surface area contributed by atoms with Crippen LogP contribution in [-0.2, 0) is 9.47 Å². The molecule has 0 saturated carbocycles. The number of esters is 2. The molecule has 4 aromatic carbocycles. The van der Waals surface area contributed by atoms with Gasteiger partial charge in [0.2, 0.25) is 0 Å². The molecule has 2 aliphatic rings. The smallest absolute Gasteiger partial charge is 0.343 e. The lowest BCUT2D eigenvalue weighted by atomic mass is 9.99. The first-order valence-corrected chi connectivity index (χ1v) is 14.6. The van der Waals surface area contributed by atoms with Gasteiger partial charge in [0.15, 0.2) is 23.1 Å². The highest BCUT2D eigenvalue weighted by Gasteiger charge is 2.27. The molecule has 1 N–H and O–H groups in total. The van der Waals surface area contributed by atoms with Crippen LogP contribution in [0.5, 0.6) is 23.0 Å². The first-order valence-electron chi connectivity index (χ1n) is 14.6. The lowest BCUT2D eigenvalue weighted by Crippen LogP contribution is -2.10. The Hall–Kier alpha value is -4.80. The van der Waals surface area contributed by atoms with Crippen LogP contribution in [0.2, 0.25) is 0 Å². The monoisotopic (exact) mass is 616 g/mol. The second-order valence-electron chi connectivity index (χ2n) is 10.9. The molecule has 6 rings (SSSR count). The van der Waals surface area contributed by atoms with Crippen molar-refractivity contribution >= 4 is 11.9 Å². The maximum absolute atomic E-state index is 14.7. The van der Waals surface area contributed by atoms with Crippen LogP contribution in [-0.4, -0.2) is 49.6 Å². The third-order valence-electron chi connectivity index (χ3n) is 7.69. The summed E-state index contributed by atoms with van der Waals surface area (Å²) in [6, 6.07) is 17.7. The second kappa shape index (κ2) is 13.1. The number of unbranched alkanes of at least 4 members (excludes halogenated alkanes) is 1. The van der Waals surface area contributed by atoms with Crippen LogP contribution >= 0.6 is 0 Å². The molecule has 0 aromatic heterocycles. The standard InChI is InChI=1S/C35H30F2O8/c1-20-28-16-23(44-34(39)21-4-10-32(38)30(36)14-21)6-8-26(28)27-9-7-24(17-29(20)27)45-35(40)22-5-11-33(31(37)15-22)42-13-3-2-12-41-18-25-19-43-25/h4-11,14-17,20,25,38H,2-3,12-13,18-19H2,1H3. The quantitative estimate of drug-likeness (QED) is 0.0801. The van der Waals surface area contributed by atoms with E-state index < -0.39 is 29.3 Å². The van der Waals surface area contributed by atoms with Gasteiger partial charge >= 0.3 is 11.9 Å². The number of carbonyl (C=O) groups is 2. The van der Waals surface area contributed by atoms with E-state index in [9.17, 15) is 23.5 Å². The number of hydrogen-bond donors (Lipinski definition) is 1. The van der Waals surface area contributed by atoms with E-state index in [2.05, 4.69) is 0 Å². The van der Waals surface area contributed by atoms with Crippen molar-refractivity contribution in [3.63, 3.8) is 0 Å². The van der Waals surface area contributed by atoms with E-state index in [-0.39, 0.29) is 34.6 Å². The molecule has 2 unspecified atom stereocenters. The number of aromatic hydroxyl groups is 1. The van der Waals surface area contributed by atoms with Crippen molar-refractivity contribution in [2.75, 3.05) is 26.4 Å². The van der Waals surface area contributed by atoms with Gasteiger partial charge in [-0.25, -0.2) is 18.4 Å². The van der Waals surface area contributed by atoms with Gasteiger partial charge in [0, 0.05) is 12.5 Å². The fourth-order valence-electron chi connectivity index (χ4n) is 5.16. The molecule has 10 heteroatoms. The number of carbonyl (C=O) groups excluding carboxylic acids is 2. The number of phenolic OH excluding ortho intramolecular Hbond substituents is 1. The summed E-state index contributed by atoms with van der Waals surface area (Å²) in [6.45, 7) is 4.24. The Kier molecular flexibility index (Phi) is 8.77. The minimum atomic E-state index is -0.918. The summed E-state index contributed by atoms with van der Waals surface area (Å²) in [6.07, 6.45) is 1.71. The van der Waals surface area contributed by atoms with Crippen molar-refractivity contribution in [1.29, 1.82) is 0 Å². The van der Waals surface area contributed by atoms with Gasteiger partial charge in [0.25, 0.3) is 0 Å². The van der Waals surface area contributed by atoms with E-state index >= 15 is 0 Å². The zero-order chi connectivity index (χ0) is 31.5. The number of rotatable bonds is 12. The van der Waals surface area contributed by atoms with Crippen molar-refractivity contribution in [3.8, 4) is 34.1 Å². The number of halogens is 2. The highest BCUT2D eigenvalue weighted by atomic mass is 19.1. The Balaban J connectivity index is 1.05. The Morgan fingerprint density at radius 3 is 1.96 bits per heavy atom. The molecule has 8 nitrogen and oxygen atoms in total. The molecule has 232 valence electrons. The highest BCUT2D eigenvalue weighted by molar-refractivity contribution is 5.92. The first kappa shape index (κ1) is 30.2. The van der Waals surface area contributed by atoms with Crippen LogP contribution in [0, 0.1) is 11.6 Å². The third kappa shape index (κ3) is 6.97. The predicted octanol–water partition coefficient (Wildman–Crippen LogP) is 6.82. The maximum Gasteiger partial charge on any atom is 0.343 e. The summed E-state index contributed by atoms with van der Waals surface area (Å²) in [5, 5.41) is 9.37. The van der Waals surface area contributed by atoms with Crippen LogP contribution in [0.1, 0.15) is 57.5 Å². The molecule has 1 aliphatic carbocycles. The minimum absolute atomic E-state index is 0.0349. The van der Waals surface area contributed by atoms with Gasteiger partial charge in [0.05, 0.1) is 30.9 Å². The van der Waals surface area contributed by atoms with E-state index in [1.165, 1.54) is 18.2 Å². The second-order valence-corrected chi connectivity index (χ2v) is 10.9. The summed E-state index contributed by atoms with van der Waals surface area (Å²) in [5.74, 6) is -3.08. The summed E-state index contributed by atoms with van der Waals surface area (Å²) in [5.41, 5.74) is 3.68. The molecule has 1 saturated heterocycles. The van der Waals surface area contributed by atoms with Gasteiger partial charge in [-0.3, -0.25) is 0 Å². The van der Waals surface area contributed by atoms with Crippen molar-refractivity contribution < 1.29 is 47.2 Å². The number of ether oxygens (including phenoxy) is 5. The summed E-state index contributed by atoms with van der Waals surface area (Å²) in [4.78, 5) is 25.4. The van der Waals surface area contributed by atoms with E-state index in [1.54, 1.807) is 24.3 Å². The molecule has 0 bridgehead atoms. The summed E-state index contributed by atoms with van der Waals surface area (Å²) < 4.78 is 55.5. The van der Waals surface area contributed by atoms with Crippen molar-refractivity contribution in [3.05, 3.63) is 107 Å². The van der Waals surface area contributed by atoms with Crippen LogP contribution in [0.4, 0.5) is 8.78 Å². The molecule has 0 spiro atoms. The topological polar surface area (TPSA) is 104 Å². The SMILES string of the molecule is CC1c2cc(OC(=O)c3ccc(O)c(F)c3)ccc2-c2ccc(OC(=O)c3ccc(OCCCCOCC4CO4)c(F)c3)cc21. The van der Waals surface area contributed by atoms with Crippen LogP contribution in [0.15, 0.2) is 72.8 Å². The zero-order valence-corrected chi connectivity index (χ0v) is 24.4. The van der Waals surface area contributed by atoms with Gasteiger partial charge in [-0.2, -0.15) is 0 Å². The average Bonchev–Trinajstić information content (AvgIpc) is 3.82. The van der Waals surface area contributed by atoms with E-state index in [0.29, 0.717) is 32.0 Å². The Bertz CT molecular complexity index is 1750. The largest absolute Gasteiger partial charge is 0.505 e. The average molecular weight is 617 g/mol. The zero-order valence-electron chi connectivity index (χ0n) is 24.4. The Labute approximate surface area is 258 Å². The van der Waals surface area contributed by atoms with Crippen LogP contribution < -0.4 is 14.2 Å². The Morgan fingerprint density at radius 1 is 0.800 bits per heavy atom. The molecule has 4 aromatic rings. The molecule has 1 aliphatic heterocycles. The van der Waals surface area contributed by atoms with Gasteiger partial charge in [-0.05, 0) is 95.8 Å². The van der Waals surface area contributed by atoms with E-state index in [1.807, 2.05) is 19.1 Å². The number of hydrogen-bond acceptors (Lipinski definition) is 8. The van der Waals surface area contributed by atoms with Crippen LogP contribution in [0.3, 0.4) is 0 Å². The van der Waals surface area contributed by atoms with Gasteiger partial charge in [-0.15, -0.1) is 0 Å². The molecule has 2 atom stereocenters. The van der Waals surface area contributed by atoms with Crippen molar-refractivity contribution in [2.24, 2.45) is 0 Å². The molecule has 1 heterocycles. The van der Waals surface area contributed by atoms with Crippen molar-refractivity contribution in [1.82, 2.24) is 0 Å². The van der Waals surface area contributed by atoms with E-state index in [0.717, 1.165) is 53.5 Å². The van der Waals surface area contributed by atoms with Gasteiger partial charge in [-0.1, -0.05) is 19.1 Å². The normalized spacial score (nSPS) is 16.1. The van der Waals surface area contributed by atoms with Crippen LogP contribution in [0.25, 0.3) is 11.1 Å². The molecule has 45 heavy (non-hydrogen) atoms. The molecule has 0 radical (unpaired) electrons. The number of phenols is 1. The molecule has 1 fully saturated rings. The highest BCUT2D eigenvalue weighted by Crippen LogP contribution is 2.47. The lowest BCUT2D eigenvalue weighted by molar-refractivity contribution is 0.0724. The fraction of sp³-hybridized carbons (Fsp3) is 0.257. The lowest BCUT2D eigenvalue weighted by Gasteiger charge is -2.11. The number of fused-ring (bicyclic) bond motifs is 3. The summed E-state index contributed by atoms with van der Waals surface area (Å²) >= 11 is 0. The van der Waals surface area contributed by atoms with Gasteiger partial charge < -0.3 is 28.8 Å². The number of epoxide rings is 1. The number of benzene rings is 4. The Morgan fingerprint density at radius 2 is 1.38 bits per heavy atom. The fourth-order valence-corrected chi connectivity index (χ4v) is 5.16. The van der Waals surface area contributed by atoms with Crippen molar-refractivity contribution in [2.45, 2.75) is 31.8 Å². The third-order valence-corrected chi connectivity index (χ3v) is 7.69.